The Kier molecular flexibility index (Phi) is 6.37. The lowest BCUT2D eigenvalue weighted by Crippen LogP contribution is -2.46. The van der Waals surface area contributed by atoms with Gasteiger partial charge in [-0.2, -0.15) is 0 Å². The molecule has 0 fully saturated rings. The maximum atomic E-state index is 12.7. The first-order valence-corrected chi connectivity index (χ1v) is 8.81. The van der Waals surface area contributed by atoms with Gasteiger partial charge in [0.25, 0.3) is 5.91 Å². The van der Waals surface area contributed by atoms with Crippen molar-refractivity contribution in [1.82, 2.24) is 10.2 Å². The second-order valence-electron chi connectivity index (χ2n) is 5.56. The molecule has 0 aliphatic rings. The zero-order valence-corrected chi connectivity index (χ0v) is 14.7. The summed E-state index contributed by atoms with van der Waals surface area (Å²) in [5.41, 5.74) is 0.691. The molecule has 2 aromatic rings. The number of phenolic OH excluding ortho intramolecular Hbond substituents is 1. The molecule has 0 bridgehead atoms. The zero-order valence-electron chi connectivity index (χ0n) is 13.9. The lowest BCUT2D eigenvalue weighted by Gasteiger charge is -2.26. The monoisotopic (exact) mass is 346 g/mol. The van der Waals surface area contributed by atoms with E-state index in [1.807, 2.05) is 18.4 Å². The van der Waals surface area contributed by atoms with E-state index in [1.165, 1.54) is 11.3 Å². The summed E-state index contributed by atoms with van der Waals surface area (Å²) in [6.45, 7) is 4.55. The molecular formula is C18H22N2O3S. The van der Waals surface area contributed by atoms with Crippen molar-refractivity contribution in [3.05, 3.63) is 52.2 Å². The smallest absolute Gasteiger partial charge is 0.261 e. The topological polar surface area (TPSA) is 69.6 Å². The molecule has 0 aliphatic heterocycles. The van der Waals surface area contributed by atoms with Crippen LogP contribution in [0.4, 0.5) is 0 Å². The maximum Gasteiger partial charge on any atom is 0.261 e. The van der Waals surface area contributed by atoms with Gasteiger partial charge in [-0.05, 0) is 30.9 Å². The first-order valence-electron chi connectivity index (χ1n) is 7.93. The maximum absolute atomic E-state index is 12.7. The minimum absolute atomic E-state index is 0.162. The van der Waals surface area contributed by atoms with Gasteiger partial charge in [-0.25, -0.2) is 0 Å². The molecule has 0 saturated carbocycles. The Labute approximate surface area is 145 Å². The summed E-state index contributed by atoms with van der Waals surface area (Å²) in [7, 11) is 0. The highest BCUT2D eigenvalue weighted by atomic mass is 32.1. The van der Waals surface area contributed by atoms with Gasteiger partial charge in [0.2, 0.25) is 5.91 Å². The quantitative estimate of drug-likeness (QED) is 0.810. The van der Waals surface area contributed by atoms with Crippen LogP contribution in [0, 0.1) is 0 Å². The number of amides is 2. The second-order valence-corrected chi connectivity index (χ2v) is 6.51. The number of nitrogens with one attached hydrogen (secondary N) is 1. The Bertz CT molecular complexity index is 685. The molecule has 128 valence electrons. The van der Waals surface area contributed by atoms with Crippen LogP contribution in [0.15, 0.2) is 41.8 Å². The summed E-state index contributed by atoms with van der Waals surface area (Å²) in [5.74, 6) is -0.239. The summed E-state index contributed by atoms with van der Waals surface area (Å²) in [6.07, 6.45) is 0.797. The molecule has 0 radical (unpaired) electrons. The van der Waals surface area contributed by atoms with E-state index in [-0.39, 0.29) is 17.6 Å². The molecule has 2 N–H and O–H groups in total. The minimum Gasteiger partial charge on any atom is -0.508 e. The van der Waals surface area contributed by atoms with Crippen molar-refractivity contribution < 1.29 is 14.7 Å². The molecule has 0 saturated heterocycles. The van der Waals surface area contributed by atoms with Crippen molar-refractivity contribution in [2.45, 2.75) is 32.9 Å². The first kappa shape index (κ1) is 18.0. The van der Waals surface area contributed by atoms with E-state index < -0.39 is 6.04 Å². The van der Waals surface area contributed by atoms with Gasteiger partial charge in [0.15, 0.2) is 0 Å². The lowest BCUT2D eigenvalue weighted by molar-refractivity contribution is -0.133. The predicted molar refractivity (Wildman–Crippen MR) is 95.1 cm³/mol. The van der Waals surface area contributed by atoms with Gasteiger partial charge in [-0.1, -0.05) is 31.2 Å². The molecule has 2 amide bonds. The molecule has 1 aromatic carbocycles. The zero-order chi connectivity index (χ0) is 17.5. The van der Waals surface area contributed by atoms with Gasteiger partial charge in [-0.3, -0.25) is 9.59 Å². The van der Waals surface area contributed by atoms with Crippen LogP contribution in [0.5, 0.6) is 5.75 Å². The molecule has 1 heterocycles. The van der Waals surface area contributed by atoms with Crippen molar-refractivity contribution in [3.63, 3.8) is 0 Å². The standard InChI is InChI=1S/C18H22N2O3S/c1-3-10-20(12-14-7-4-5-8-15(14)21)18(23)13(2)19-17(22)16-9-6-11-24-16/h4-9,11,13,21H,3,10,12H2,1-2H3,(H,19,22)/t13-/m0/s1. The predicted octanol–water partition coefficient (Wildman–Crippen LogP) is 3.01. The Morgan fingerprint density at radius 2 is 2.00 bits per heavy atom. The van der Waals surface area contributed by atoms with E-state index >= 15 is 0 Å². The van der Waals surface area contributed by atoms with Crippen molar-refractivity contribution in [2.75, 3.05) is 6.54 Å². The van der Waals surface area contributed by atoms with E-state index in [4.69, 9.17) is 0 Å². The number of aromatic hydroxyl groups is 1. The number of carbonyl (C=O) groups excluding carboxylic acids is 2. The van der Waals surface area contributed by atoms with Crippen LogP contribution in [-0.2, 0) is 11.3 Å². The Balaban J connectivity index is 2.05. The highest BCUT2D eigenvalue weighted by molar-refractivity contribution is 7.12. The third-order valence-corrected chi connectivity index (χ3v) is 4.49. The van der Waals surface area contributed by atoms with Crippen molar-refractivity contribution >= 4 is 23.2 Å². The molecule has 5 nitrogen and oxygen atoms in total. The summed E-state index contributed by atoms with van der Waals surface area (Å²) < 4.78 is 0. The number of thiophene rings is 1. The fraction of sp³-hybridized carbons (Fsp3) is 0.333. The summed E-state index contributed by atoms with van der Waals surface area (Å²) in [6, 6.07) is 9.86. The fourth-order valence-corrected chi connectivity index (χ4v) is 3.03. The summed E-state index contributed by atoms with van der Waals surface area (Å²) in [4.78, 5) is 27.0. The average Bonchev–Trinajstić information content (AvgIpc) is 3.10. The Morgan fingerprint density at radius 1 is 1.25 bits per heavy atom. The van der Waals surface area contributed by atoms with E-state index in [0.717, 1.165) is 6.42 Å². The van der Waals surface area contributed by atoms with Crippen LogP contribution in [0.25, 0.3) is 0 Å². The highest BCUT2D eigenvalue weighted by Gasteiger charge is 2.23. The fourth-order valence-electron chi connectivity index (χ4n) is 2.40. The van der Waals surface area contributed by atoms with Crippen LogP contribution in [0.3, 0.4) is 0 Å². The number of nitrogens with zero attached hydrogens (tertiary/aromatic N) is 1. The molecule has 24 heavy (non-hydrogen) atoms. The summed E-state index contributed by atoms with van der Waals surface area (Å²) in [5, 5.41) is 14.5. The van der Waals surface area contributed by atoms with E-state index in [0.29, 0.717) is 23.5 Å². The molecule has 0 unspecified atom stereocenters. The number of para-hydroxylation sites is 1. The normalized spacial score (nSPS) is 11.8. The van der Waals surface area contributed by atoms with E-state index in [9.17, 15) is 14.7 Å². The number of benzene rings is 1. The van der Waals surface area contributed by atoms with Crippen LogP contribution < -0.4 is 5.32 Å². The number of hydrogen-bond acceptors (Lipinski definition) is 4. The van der Waals surface area contributed by atoms with Gasteiger partial charge in [0, 0.05) is 18.7 Å². The molecule has 2 rings (SSSR count). The Morgan fingerprint density at radius 3 is 2.62 bits per heavy atom. The highest BCUT2D eigenvalue weighted by Crippen LogP contribution is 2.18. The third-order valence-electron chi connectivity index (χ3n) is 3.62. The van der Waals surface area contributed by atoms with Crippen LogP contribution in [0.1, 0.15) is 35.5 Å². The number of phenols is 1. The number of rotatable bonds is 7. The second kappa shape index (κ2) is 8.49. The van der Waals surface area contributed by atoms with Crippen molar-refractivity contribution in [1.29, 1.82) is 0 Å². The Hall–Kier alpha value is -2.34. The SMILES string of the molecule is CCCN(Cc1ccccc1O)C(=O)[C@H](C)NC(=O)c1cccs1. The largest absolute Gasteiger partial charge is 0.508 e. The summed E-state index contributed by atoms with van der Waals surface area (Å²) >= 11 is 1.34. The van der Waals surface area contributed by atoms with Crippen molar-refractivity contribution in [3.8, 4) is 5.75 Å². The van der Waals surface area contributed by atoms with Crippen LogP contribution >= 0.6 is 11.3 Å². The number of carbonyl (C=O) groups is 2. The van der Waals surface area contributed by atoms with Crippen LogP contribution in [0.2, 0.25) is 0 Å². The van der Waals surface area contributed by atoms with Gasteiger partial charge in [-0.15, -0.1) is 11.3 Å². The lowest BCUT2D eigenvalue weighted by atomic mass is 10.1. The average molecular weight is 346 g/mol. The van der Waals surface area contributed by atoms with Gasteiger partial charge in [0.1, 0.15) is 11.8 Å². The molecule has 0 aliphatic carbocycles. The van der Waals surface area contributed by atoms with Gasteiger partial charge in [0.05, 0.1) is 4.88 Å². The van der Waals surface area contributed by atoms with Crippen LogP contribution in [-0.4, -0.2) is 34.4 Å². The molecule has 1 aromatic heterocycles. The third kappa shape index (κ3) is 4.58. The van der Waals surface area contributed by atoms with E-state index in [2.05, 4.69) is 5.32 Å². The van der Waals surface area contributed by atoms with Gasteiger partial charge >= 0.3 is 0 Å². The molecule has 1 atom stereocenters. The first-order chi connectivity index (χ1) is 11.5. The van der Waals surface area contributed by atoms with E-state index in [1.54, 1.807) is 42.2 Å². The van der Waals surface area contributed by atoms with Crippen molar-refractivity contribution in [2.24, 2.45) is 0 Å². The minimum atomic E-state index is -0.628. The number of hydrogen-bond donors (Lipinski definition) is 2. The molecule has 0 spiro atoms. The van der Waals surface area contributed by atoms with Gasteiger partial charge < -0.3 is 15.3 Å². The molecular weight excluding hydrogens is 324 g/mol. The molecule has 6 heteroatoms.